The van der Waals surface area contributed by atoms with Crippen molar-refractivity contribution in [3.05, 3.63) is 60.4 Å². The Morgan fingerprint density at radius 3 is 2.92 bits per heavy atom. The van der Waals surface area contributed by atoms with E-state index in [0.717, 1.165) is 37.1 Å². The molecule has 0 radical (unpaired) electrons. The number of piperidine rings is 1. The lowest BCUT2D eigenvalue weighted by Crippen LogP contribution is -2.40. The van der Waals surface area contributed by atoms with Crippen molar-refractivity contribution in [1.82, 2.24) is 15.1 Å². The van der Waals surface area contributed by atoms with Gasteiger partial charge in [-0.25, -0.2) is 0 Å². The molecule has 6 nitrogen and oxygen atoms in total. The van der Waals surface area contributed by atoms with E-state index in [2.05, 4.69) is 20.0 Å². The maximum Gasteiger partial charge on any atom is 0.266 e. The Morgan fingerprint density at radius 2 is 2.08 bits per heavy atom. The zero-order valence-electron chi connectivity index (χ0n) is 13.9. The number of ether oxygens (including phenoxy) is 1. The third kappa shape index (κ3) is 3.85. The van der Waals surface area contributed by atoms with E-state index in [0.29, 0.717) is 18.4 Å². The SMILES string of the molecule is c1ccc(-c2nc(N3CCC[C@@H](OCc4cccnc4)C3)no2)cc1. The number of pyridine rings is 1. The van der Waals surface area contributed by atoms with Crippen molar-refractivity contribution in [2.75, 3.05) is 18.0 Å². The number of benzene rings is 1. The van der Waals surface area contributed by atoms with Gasteiger partial charge in [-0.05, 0) is 41.8 Å². The summed E-state index contributed by atoms with van der Waals surface area (Å²) in [6.07, 6.45) is 5.86. The van der Waals surface area contributed by atoms with E-state index >= 15 is 0 Å². The average molecular weight is 336 g/mol. The highest BCUT2D eigenvalue weighted by molar-refractivity contribution is 5.54. The highest BCUT2D eigenvalue weighted by atomic mass is 16.5. The monoisotopic (exact) mass is 336 g/mol. The summed E-state index contributed by atoms with van der Waals surface area (Å²) >= 11 is 0. The lowest BCUT2D eigenvalue weighted by Gasteiger charge is -2.31. The second kappa shape index (κ2) is 7.44. The average Bonchev–Trinajstić information content (AvgIpc) is 3.18. The van der Waals surface area contributed by atoms with Gasteiger partial charge in [0.1, 0.15) is 0 Å². The van der Waals surface area contributed by atoms with Crippen molar-refractivity contribution < 1.29 is 9.26 Å². The van der Waals surface area contributed by atoms with Crippen LogP contribution >= 0.6 is 0 Å². The number of rotatable bonds is 5. The standard InChI is InChI=1S/C19H20N4O2/c1-2-7-16(8-3-1)18-21-19(22-25-18)23-11-5-9-17(13-23)24-14-15-6-4-10-20-12-15/h1-4,6-8,10,12,17H,5,9,11,13-14H2/t17-/m1/s1. The molecule has 4 rings (SSSR count). The van der Waals surface area contributed by atoms with Gasteiger partial charge in [-0.1, -0.05) is 24.3 Å². The molecule has 128 valence electrons. The summed E-state index contributed by atoms with van der Waals surface area (Å²) in [7, 11) is 0. The van der Waals surface area contributed by atoms with Crippen LogP contribution in [0.15, 0.2) is 59.4 Å². The van der Waals surface area contributed by atoms with Crippen molar-refractivity contribution in [1.29, 1.82) is 0 Å². The van der Waals surface area contributed by atoms with Crippen molar-refractivity contribution in [3.63, 3.8) is 0 Å². The predicted octanol–water partition coefficient (Wildman–Crippen LogP) is 3.32. The van der Waals surface area contributed by atoms with Gasteiger partial charge in [-0.15, -0.1) is 0 Å². The molecule has 0 aliphatic carbocycles. The molecule has 1 saturated heterocycles. The van der Waals surface area contributed by atoms with Crippen LogP contribution in [-0.4, -0.2) is 34.3 Å². The molecule has 1 atom stereocenters. The Bertz CT molecular complexity index is 791. The van der Waals surface area contributed by atoms with Crippen LogP contribution in [0.5, 0.6) is 0 Å². The second-order valence-corrected chi connectivity index (χ2v) is 6.15. The molecule has 1 aliphatic rings. The molecule has 1 fully saturated rings. The molecular weight excluding hydrogens is 316 g/mol. The Kier molecular flexibility index (Phi) is 4.70. The van der Waals surface area contributed by atoms with E-state index in [1.165, 1.54) is 0 Å². The van der Waals surface area contributed by atoms with Crippen LogP contribution in [0.3, 0.4) is 0 Å². The minimum absolute atomic E-state index is 0.160. The van der Waals surface area contributed by atoms with Crippen LogP contribution in [-0.2, 0) is 11.3 Å². The zero-order valence-corrected chi connectivity index (χ0v) is 13.9. The summed E-state index contributed by atoms with van der Waals surface area (Å²) in [6.45, 7) is 2.27. The van der Waals surface area contributed by atoms with Gasteiger partial charge in [0.15, 0.2) is 0 Å². The Labute approximate surface area is 146 Å². The van der Waals surface area contributed by atoms with Gasteiger partial charge < -0.3 is 14.2 Å². The van der Waals surface area contributed by atoms with Gasteiger partial charge in [0.05, 0.1) is 12.7 Å². The first-order chi connectivity index (χ1) is 12.4. The fourth-order valence-electron chi connectivity index (χ4n) is 3.00. The van der Waals surface area contributed by atoms with Gasteiger partial charge in [0.2, 0.25) is 0 Å². The molecule has 0 N–H and O–H groups in total. The molecule has 0 spiro atoms. The zero-order chi connectivity index (χ0) is 16.9. The van der Waals surface area contributed by atoms with Crippen LogP contribution in [0.1, 0.15) is 18.4 Å². The van der Waals surface area contributed by atoms with Gasteiger partial charge in [-0.2, -0.15) is 4.98 Å². The summed E-state index contributed by atoms with van der Waals surface area (Å²) in [5, 5.41) is 4.14. The summed E-state index contributed by atoms with van der Waals surface area (Å²) in [4.78, 5) is 10.8. The highest BCUT2D eigenvalue weighted by Gasteiger charge is 2.24. The van der Waals surface area contributed by atoms with Crippen LogP contribution in [0.4, 0.5) is 5.95 Å². The smallest absolute Gasteiger partial charge is 0.266 e. The lowest BCUT2D eigenvalue weighted by atomic mass is 10.1. The molecule has 1 aromatic carbocycles. The van der Waals surface area contributed by atoms with E-state index in [1.807, 2.05) is 48.7 Å². The molecular formula is C19H20N4O2. The number of nitrogens with zero attached hydrogens (tertiary/aromatic N) is 4. The molecule has 0 saturated carbocycles. The quantitative estimate of drug-likeness (QED) is 0.712. The molecule has 1 aliphatic heterocycles. The van der Waals surface area contributed by atoms with E-state index in [1.54, 1.807) is 6.20 Å². The summed E-state index contributed by atoms with van der Waals surface area (Å²) in [5.41, 5.74) is 2.02. The summed E-state index contributed by atoms with van der Waals surface area (Å²) in [6, 6.07) is 13.8. The topological polar surface area (TPSA) is 64.3 Å². The van der Waals surface area contributed by atoms with E-state index < -0.39 is 0 Å². The largest absolute Gasteiger partial charge is 0.372 e. The maximum absolute atomic E-state index is 6.04. The number of anilines is 1. The lowest BCUT2D eigenvalue weighted by molar-refractivity contribution is 0.0311. The fourth-order valence-corrected chi connectivity index (χ4v) is 3.00. The van der Waals surface area contributed by atoms with E-state index in [4.69, 9.17) is 9.26 Å². The molecule has 3 aromatic rings. The molecule has 0 unspecified atom stereocenters. The van der Waals surface area contributed by atoms with E-state index in [-0.39, 0.29) is 6.10 Å². The molecule has 6 heteroatoms. The Balaban J connectivity index is 1.39. The van der Waals surface area contributed by atoms with Crippen LogP contribution in [0.2, 0.25) is 0 Å². The Hall–Kier alpha value is -2.73. The molecule has 0 amide bonds. The third-order valence-electron chi connectivity index (χ3n) is 4.31. The predicted molar refractivity (Wildman–Crippen MR) is 94.0 cm³/mol. The van der Waals surface area contributed by atoms with E-state index in [9.17, 15) is 0 Å². The van der Waals surface area contributed by atoms with Gasteiger partial charge >= 0.3 is 0 Å². The van der Waals surface area contributed by atoms with Crippen molar-refractivity contribution in [2.45, 2.75) is 25.6 Å². The molecule has 2 aromatic heterocycles. The van der Waals surface area contributed by atoms with Crippen LogP contribution in [0.25, 0.3) is 11.5 Å². The number of hydrogen-bond donors (Lipinski definition) is 0. The van der Waals surface area contributed by atoms with Gasteiger partial charge in [-0.3, -0.25) is 4.98 Å². The maximum atomic E-state index is 6.04. The van der Waals surface area contributed by atoms with Crippen LogP contribution < -0.4 is 4.90 Å². The van der Waals surface area contributed by atoms with Gasteiger partial charge in [0, 0.05) is 31.0 Å². The number of aromatic nitrogens is 3. The minimum Gasteiger partial charge on any atom is -0.372 e. The van der Waals surface area contributed by atoms with Crippen molar-refractivity contribution >= 4 is 5.95 Å². The molecule has 0 bridgehead atoms. The first-order valence-corrected chi connectivity index (χ1v) is 8.53. The second-order valence-electron chi connectivity index (χ2n) is 6.15. The first kappa shape index (κ1) is 15.8. The molecule has 3 heterocycles. The summed E-state index contributed by atoms with van der Waals surface area (Å²) in [5.74, 6) is 1.18. The Morgan fingerprint density at radius 1 is 1.16 bits per heavy atom. The van der Waals surface area contributed by atoms with Crippen molar-refractivity contribution in [3.8, 4) is 11.5 Å². The molecule has 25 heavy (non-hydrogen) atoms. The number of hydrogen-bond acceptors (Lipinski definition) is 6. The van der Waals surface area contributed by atoms with Crippen LogP contribution in [0, 0.1) is 0 Å². The normalized spacial score (nSPS) is 17.6. The minimum atomic E-state index is 0.160. The first-order valence-electron chi connectivity index (χ1n) is 8.53. The van der Waals surface area contributed by atoms with Gasteiger partial charge in [0.25, 0.3) is 11.8 Å². The summed E-state index contributed by atoms with van der Waals surface area (Å²) < 4.78 is 11.5. The third-order valence-corrected chi connectivity index (χ3v) is 4.31. The van der Waals surface area contributed by atoms with Crippen molar-refractivity contribution in [2.24, 2.45) is 0 Å². The fraction of sp³-hybridized carbons (Fsp3) is 0.316. The highest BCUT2D eigenvalue weighted by Crippen LogP contribution is 2.23.